The van der Waals surface area contributed by atoms with Crippen molar-refractivity contribution in [1.29, 1.82) is 0 Å². The fourth-order valence-corrected chi connectivity index (χ4v) is 2.73. The first-order valence-corrected chi connectivity index (χ1v) is 6.11. The zero-order chi connectivity index (χ0) is 10.8. The van der Waals surface area contributed by atoms with Crippen molar-refractivity contribution in [3.8, 4) is 0 Å². The Morgan fingerprint density at radius 3 is 2.60 bits per heavy atom. The number of nitrogens with two attached hydrogens (primary N) is 1. The zero-order valence-corrected chi connectivity index (χ0v) is 10.1. The summed E-state index contributed by atoms with van der Waals surface area (Å²) in [5.74, 6) is 0. The average Bonchev–Trinajstić information content (AvgIpc) is 2.65. The van der Waals surface area contributed by atoms with Crippen molar-refractivity contribution < 1.29 is 0 Å². The summed E-state index contributed by atoms with van der Waals surface area (Å²) < 4.78 is 0. The Kier molecular flexibility index (Phi) is 3.11. The van der Waals surface area contributed by atoms with Gasteiger partial charge in [0.25, 0.3) is 0 Å². The molecule has 0 atom stereocenters. The smallest absolute Gasteiger partial charge is 0.187 e. The monoisotopic (exact) mass is 226 g/mol. The quantitative estimate of drug-likeness (QED) is 0.824. The van der Waals surface area contributed by atoms with Crippen LogP contribution in [0.2, 0.25) is 0 Å². The van der Waals surface area contributed by atoms with Crippen LogP contribution in [0.3, 0.4) is 0 Å². The number of aromatic nitrogens is 1. The molecule has 1 fully saturated rings. The molecule has 4 nitrogen and oxygen atoms in total. The van der Waals surface area contributed by atoms with E-state index in [1.165, 1.54) is 12.8 Å². The minimum atomic E-state index is 0.721. The lowest BCUT2D eigenvalue weighted by Crippen LogP contribution is -2.41. The maximum atomic E-state index is 5.68. The molecular weight excluding hydrogens is 208 g/mol. The molecule has 0 bridgehead atoms. The van der Waals surface area contributed by atoms with E-state index in [9.17, 15) is 0 Å². The maximum absolute atomic E-state index is 5.68. The standard InChI is InChI=1S/C10H18N4S/c1-13(2)8-3-5-14(6-4-8)10-12-7-9(11)15-10/h7-8H,3-6,11H2,1-2H3. The normalized spacial score (nSPS) is 18.7. The van der Waals surface area contributed by atoms with Gasteiger partial charge in [0.1, 0.15) is 5.00 Å². The van der Waals surface area contributed by atoms with Gasteiger partial charge in [0.15, 0.2) is 5.13 Å². The van der Waals surface area contributed by atoms with E-state index < -0.39 is 0 Å². The predicted octanol–water partition coefficient (Wildman–Crippen LogP) is 1.26. The van der Waals surface area contributed by atoms with Crippen LogP contribution in [0.1, 0.15) is 12.8 Å². The van der Waals surface area contributed by atoms with Crippen LogP contribution in [0.25, 0.3) is 0 Å². The molecule has 0 saturated carbocycles. The minimum absolute atomic E-state index is 0.721. The summed E-state index contributed by atoms with van der Waals surface area (Å²) in [6.45, 7) is 2.19. The summed E-state index contributed by atoms with van der Waals surface area (Å²) in [5.41, 5.74) is 5.68. The molecule has 0 amide bonds. The van der Waals surface area contributed by atoms with Gasteiger partial charge in [0, 0.05) is 19.1 Å². The summed E-state index contributed by atoms with van der Waals surface area (Å²) in [6.07, 6.45) is 4.18. The highest BCUT2D eigenvalue weighted by Gasteiger charge is 2.21. The first-order valence-electron chi connectivity index (χ1n) is 5.29. The molecule has 84 valence electrons. The third-order valence-corrected chi connectivity index (χ3v) is 3.86. The third-order valence-electron chi connectivity index (χ3n) is 2.98. The van der Waals surface area contributed by atoms with Crippen LogP contribution in [0.5, 0.6) is 0 Å². The lowest BCUT2D eigenvalue weighted by molar-refractivity contribution is 0.249. The number of anilines is 2. The van der Waals surface area contributed by atoms with E-state index in [-0.39, 0.29) is 0 Å². The minimum Gasteiger partial charge on any atom is -0.389 e. The van der Waals surface area contributed by atoms with E-state index in [0.717, 1.165) is 29.3 Å². The molecule has 0 aromatic carbocycles. The number of nitrogens with zero attached hydrogens (tertiary/aromatic N) is 3. The van der Waals surface area contributed by atoms with Crippen molar-refractivity contribution >= 4 is 21.5 Å². The maximum Gasteiger partial charge on any atom is 0.187 e. The van der Waals surface area contributed by atoms with Crippen molar-refractivity contribution in [3.63, 3.8) is 0 Å². The molecular formula is C10H18N4S. The molecule has 2 N–H and O–H groups in total. The molecule has 1 aliphatic heterocycles. The summed E-state index contributed by atoms with van der Waals surface area (Å²) in [7, 11) is 4.31. The summed E-state index contributed by atoms with van der Waals surface area (Å²) >= 11 is 1.58. The fourth-order valence-electron chi connectivity index (χ4n) is 2.00. The molecule has 1 saturated heterocycles. The van der Waals surface area contributed by atoms with Gasteiger partial charge in [-0.2, -0.15) is 0 Å². The van der Waals surface area contributed by atoms with E-state index in [0.29, 0.717) is 0 Å². The lowest BCUT2D eigenvalue weighted by Gasteiger charge is -2.34. The molecule has 15 heavy (non-hydrogen) atoms. The van der Waals surface area contributed by atoms with Crippen LogP contribution in [-0.2, 0) is 0 Å². The van der Waals surface area contributed by atoms with Crippen LogP contribution in [0, 0.1) is 0 Å². The Bertz CT molecular complexity index is 315. The third kappa shape index (κ3) is 2.41. The van der Waals surface area contributed by atoms with Gasteiger partial charge in [-0.1, -0.05) is 11.3 Å². The molecule has 0 unspecified atom stereocenters. The number of rotatable bonds is 2. The van der Waals surface area contributed by atoms with E-state index in [1.807, 2.05) is 0 Å². The van der Waals surface area contributed by atoms with Crippen molar-refractivity contribution in [2.45, 2.75) is 18.9 Å². The Hall–Kier alpha value is -0.810. The van der Waals surface area contributed by atoms with E-state index in [1.54, 1.807) is 17.5 Å². The summed E-state index contributed by atoms with van der Waals surface area (Å²) in [5, 5.41) is 1.88. The number of thiazole rings is 1. The van der Waals surface area contributed by atoms with E-state index >= 15 is 0 Å². The molecule has 1 aliphatic rings. The zero-order valence-electron chi connectivity index (χ0n) is 9.31. The van der Waals surface area contributed by atoms with Crippen LogP contribution < -0.4 is 10.6 Å². The van der Waals surface area contributed by atoms with Crippen LogP contribution in [-0.4, -0.2) is 43.1 Å². The van der Waals surface area contributed by atoms with Gasteiger partial charge in [-0.15, -0.1) is 0 Å². The van der Waals surface area contributed by atoms with Crippen LogP contribution in [0.4, 0.5) is 10.1 Å². The highest BCUT2D eigenvalue weighted by molar-refractivity contribution is 7.19. The second-order valence-electron chi connectivity index (χ2n) is 4.23. The van der Waals surface area contributed by atoms with E-state index in [4.69, 9.17) is 5.73 Å². The molecule has 0 spiro atoms. The average molecular weight is 226 g/mol. The van der Waals surface area contributed by atoms with Gasteiger partial charge in [-0.05, 0) is 26.9 Å². The van der Waals surface area contributed by atoms with Gasteiger partial charge in [0.05, 0.1) is 6.20 Å². The number of hydrogen-bond donors (Lipinski definition) is 1. The van der Waals surface area contributed by atoms with Crippen molar-refractivity contribution in [2.24, 2.45) is 0 Å². The highest BCUT2D eigenvalue weighted by Crippen LogP contribution is 2.27. The Labute approximate surface area is 94.7 Å². The second kappa shape index (κ2) is 4.37. The second-order valence-corrected chi connectivity index (χ2v) is 5.27. The van der Waals surface area contributed by atoms with Crippen molar-refractivity contribution in [1.82, 2.24) is 9.88 Å². The summed E-state index contributed by atoms with van der Waals surface area (Å²) in [6, 6.07) is 0.721. The SMILES string of the molecule is CN(C)C1CCN(c2ncc(N)s2)CC1. The van der Waals surface area contributed by atoms with Gasteiger partial charge >= 0.3 is 0 Å². The van der Waals surface area contributed by atoms with Gasteiger partial charge < -0.3 is 15.5 Å². The molecule has 1 aromatic heterocycles. The molecule has 2 heterocycles. The van der Waals surface area contributed by atoms with Crippen LogP contribution in [0.15, 0.2) is 6.20 Å². The van der Waals surface area contributed by atoms with Crippen molar-refractivity contribution in [2.75, 3.05) is 37.8 Å². The number of hydrogen-bond acceptors (Lipinski definition) is 5. The first kappa shape index (κ1) is 10.7. The highest BCUT2D eigenvalue weighted by atomic mass is 32.1. The molecule has 2 rings (SSSR count). The Balaban J connectivity index is 1.93. The van der Waals surface area contributed by atoms with Gasteiger partial charge in [-0.3, -0.25) is 0 Å². The number of nitrogen functional groups attached to an aromatic ring is 1. The predicted molar refractivity (Wildman–Crippen MR) is 65.4 cm³/mol. The fraction of sp³-hybridized carbons (Fsp3) is 0.700. The van der Waals surface area contributed by atoms with E-state index in [2.05, 4.69) is 28.9 Å². The lowest BCUT2D eigenvalue weighted by atomic mass is 10.0. The Morgan fingerprint density at radius 2 is 2.13 bits per heavy atom. The molecule has 1 aromatic rings. The molecule has 0 aliphatic carbocycles. The van der Waals surface area contributed by atoms with Gasteiger partial charge in [0.2, 0.25) is 0 Å². The van der Waals surface area contributed by atoms with Crippen molar-refractivity contribution in [3.05, 3.63) is 6.20 Å². The van der Waals surface area contributed by atoms with Crippen LogP contribution >= 0.6 is 11.3 Å². The molecule has 0 radical (unpaired) electrons. The first-order chi connectivity index (χ1) is 7.16. The number of piperidine rings is 1. The summed E-state index contributed by atoms with van der Waals surface area (Å²) in [4.78, 5) is 8.96. The Morgan fingerprint density at radius 1 is 1.47 bits per heavy atom. The molecule has 5 heteroatoms. The largest absolute Gasteiger partial charge is 0.389 e. The topological polar surface area (TPSA) is 45.4 Å². The van der Waals surface area contributed by atoms with Gasteiger partial charge in [-0.25, -0.2) is 4.98 Å².